The van der Waals surface area contributed by atoms with Crippen LogP contribution >= 0.6 is 11.3 Å². The molecule has 2 N–H and O–H groups in total. The Morgan fingerprint density at radius 2 is 1.48 bits per heavy atom. The van der Waals surface area contributed by atoms with E-state index in [4.69, 9.17) is 10.2 Å². The molecule has 1 heterocycles. The summed E-state index contributed by atoms with van der Waals surface area (Å²) in [7, 11) is -2.56. The maximum absolute atomic E-state index is 6.84. The van der Waals surface area contributed by atoms with Crippen molar-refractivity contribution in [2.45, 2.75) is 38.8 Å². The Morgan fingerprint density at radius 1 is 0.963 bits per heavy atom. The van der Waals surface area contributed by atoms with Crippen molar-refractivity contribution < 1.29 is 4.43 Å². The highest BCUT2D eigenvalue weighted by Crippen LogP contribution is 2.37. The molecule has 2 aromatic carbocycles. The quantitative estimate of drug-likeness (QED) is 0.648. The zero-order valence-electron chi connectivity index (χ0n) is 16.3. The van der Waals surface area contributed by atoms with Gasteiger partial charge in [-0.1, -0.05) is 81.4 Å². The normalized spacial score (nSPS) is 13.5. The van der Waals surface area contributed by atoms with Crippen LogP contribution in [0.15, 0.2) is 60.7 Å². The summed E-state index contributed by atoms with van der Waals surface area (Å²) in [6.45, 7) is 9.15. The van der Waals surface area contributed by atoms with Crippen molar-refractivity contribution >= 4 is 30.0 Å². The van der Waals surface area contributed by atoms with E-state index in [2.05, 4.69) is 79.5 Å². The molecule has 0 aliphatic rings. The molecule has 6 heteroatoms. The van der Waals surface area contributed by atoms with Crippen molar-refractivity contribution in [1.82, 2.24) is 10.2 Å². The monoisotopic (exact) mass is 397 g/mol. The Kier molecular flexibility index (Phi) is 5.91. The molecule has 0 radical (unpaired) electrons. The molecule has 27 heavy (non-hydrogen) atoms. The Labute approximate surface area is 166 Å². The molecular weight excluding hydrogens is 370 g/mol. The van der Waals surface area contributed by atoms with E-state index in [-0.39, 0.29) is 11.1 Å². The van der Waals surface area contributed by atoms with Crippen LogP contribution in [-0.4, -0.2) is 25.1 Å². The highest BCUT2D eigenvalue weighted by Gasteiger charge is 2.50. The summed E-state index contributed by atoms with van der Waals surface area (Å²) in [5.41, 5.74) is 6.42. The first-order valence-electron chi connectivity index (χ1n) is 9.15. The molecule has 0 aliphatic heterocycles. The maximum Gasteiger partial charge on any atom is 0.261 e. The van der Waals surface area contributed by atoms with Crippen LogP contribution in [0.5, 0.6) is 0 Å². The van der Waals surface area contributed by atoms with Gasteiger partial charge >= 0.3 is 0 Å². The van der Waals surface area contributed by atoms with Crippen molar-refractivity contribution in [3.63, 3.8) is 0 Å². The summed E-state index contributed by atoms with van der Waals surface area (Å²) >= 11 is 1.53. The van der Waals surface area contributed by atoms with Crippen molar-refractivity contribution in [2.75, 3.05) is 6.61 Å². The van der Waals surface area contributed by atoms with Crippen LogP contribution in [0.4, 0.5) is 0 Å². The number of nitrogens with zero attached hydrogens (tertiary/aromatic N) is 2. The molecule has 1 atom stereocenters. The molecule has 0 bridgehead atoms. The Bertz CT molecular complexity index is 822. The number of rotatable bonds is 6. The SMILES string of the molecule is Cc1nnc(C(N)CO[Si](c2ccccc2)(c2ccccc2)C(C)(C)C)s1. The van der Waals surface area contributed by atoms with E-state index in [1.54, 1.807) is 0 Å². The summed E-state index contributed by atoms with van der Waals surface area (Å²) in [5, 5.41) is 12.5. The second-order valence-electron chi connectivity index (χ2n) is 7.74. The third-order valence-electron chi connectivity index (χ3n) is 4.76. The molecule has 142 valence electrons. The molecule has 0 fully saturated rings. The minimum Gasteiger partial charge on any atom is -0.405 e. The zero-order valence-corrected chi connectivity index (χ0v) is 18.2. The van der Waals surface area contributed by atoms with Crippen LogP contribution in [0.25, 0.3) is 0 Å². The highest BCUT2D eigenvalue weighted by atomic mass is 32.1. The van der Waals surface area contributed by atoms with E-state index in [1.807, 2.05) is 19.1 Å². The van der Waals surface area contributed by atoms with E-state index >= 15 is 0 Å². The fraction of sp³-hybridized carbons (Fsp3) is 0.333. The lowest BCUT2D eigenvalue weighted by molar-refractivity contribution is 0.272. The molecule has 4 nitrogen and oxygen atoms in total. The van der Waals surface area contributed by atoms with Gasteiger partial charge in [-0.05, 0) is 22.3 Å². The Balaban J connectivity index is 2.04. The van der Waals surface area contributed by atoms with Gasteiger partial charge in [-0.25, -0.2) is 0 Å². The zero-order chi connectivity index (χ0) is 19.5. The van der Waals surface area contributed by atoms with E-state index in [9.17, 15) is 0 Å². The van der Waals surface area contributed by atoms with E-state index in [0.717, 1.165) is 10.0 Å². The molecular formula is C21H27N3OSSi. The van der Waals surface area contributed by atoms with Crippen molar-refractivity contribution in [2.24, 2.45) is 5.73 Å². The van der Waals surface area contributed by atoms with Crippen molar-refractivity contribution in [1.29, 1.82) is 0 Å². The van der Waals surface area contributed by atoms with Gasteiger partial charge in [0.1, 0.15) is 10.0 Å². The number of aryl methyl sites for hydroxylation is 1. The molecule has 3 aromatic rings. The standard InChI is InChI=1S/C21H27N3OSSi/c1-16-23-24-20(26-16)19(22)15-25-27(21(2,3)4,17-11-7-5-8-12-17)18-13-9-6-10-14-18/h5-14,19H,15,22H2,1-4H3. The lowest BCUT2D eigenvalue weighted by Crippen LogP contribution is -2.67. The first kappa shape index (κ1) is 19.9. The lowest BCUT2D eigenvalue weighted by atomic mass is 10.2. The molecule has 0 aliphatic carbocycles. The smallest absolute Gasteiger partial charge is 0.261 e. The third-order valence-corrected chi connectivity index (χ3v) is 10.7. The van der Waals surface area contributed by atoms with Crippen LogP contribution in [0.2, 0.25) is 5.04 Å². The van der Waals surface area contributed by atoms with E-state index in [0.29, 0.717) is 6.61 Å². The van der Waals surface area contributed by atoms with Crippen LogP contribution in [-0.2, 0) is 4.43 Å². The summed E-state index contributed by atoms with van der Waals surface area (Å²) in [6, 6.07) is 20.9. The molecule has 0 saturated carbocycles. The number of hydrogen-bond donors (Lipinski definition) is 1. The molecule has 0 saturated heterocycles. The number of nitrogens with two attached hydrogens (primary N) is 1. The fourth-order valence-corrected chi connectivity index (χ4v) is 8.78. The highest BCUT2D eigenvalue weighted by molar-refractivity contribution is 7.11. The summed E-state index contributed by atoms with van der Waals surface area (Å²) in [5.74, 6) is 0. The van der Waals surface area contributed by atoms with Gasteiger partial charge in [-0.15, -0.1) is 21.5 Å². The number of hydrogen-bond acceptors (Lipinski definition) is 5. The van der Waals surface area contributed by atoms with Gasteiger partial charge in [0.2, 0.25) is 0 Å². The summed E-state index contributed by atoms with van der Waals surface area (Å²) in [4.78, 5) is 0. The molecule has 1 unspecified atom stereocenters. The molecule has 1 aromatic heterocycles. The van der Waals surface area contributed by atoms with Crippen molar-refractivity contribution in [3.8, 4) is 0 Å². The number of benzene rings is 2. The maximum atomic E-state index is 6.84. The summed E-state index contributed by atoms with van der Waals surface area (Å²) in [6.07, 6.45) is 0. The van der Waals surface area contributed by atoms with Gasteiger partial charge in [0.05, 0.1) is 12.6 Å². The van der Waals surface area contributed by atoms with Gasteiger partial charge in [0, 0.05) is 0 Å². The van der Waals surface area contributed by atoms with Gasteiger partial charge in [0.15, 0.2) is 0 Å². The Morgan fingerprint density at radius 3 is 1.89 bits per heavy atom. The topological polar surface area (TPSA) is 61.0 Å². The largest absolute Gasteiger partial charge is 0.405 e. The predicted octanol–water partition coefficient (Wildman–Crippen LogP) is 3.42. The van der Waals surface area contributed by atoms with Crippen LogP contribution in [0.3, 0.4) is 0 Å². The second-order valence-corrected chi connectivity index (χ2v) is 13.3. The van der Waals surface area contributed by atoms with Crippen LogP contribution < -0.4 is 16.1 Å². The van der Waals surface area contributed by atoms with Gasteiger partial charge in [-0.3, -0.25) is 0 Å². The molecule has 0 amide bonds. The number of aromatic nitrogens is 2. The first-order chi connectivity index (χ1) is 12.8. The molecule has 0 spiro atoms. The van der Waals surface area contributed by atoms with E-state index < -0.39 is 8.32 Å². The van der Waals surface area contributed by atoms with Crippen molar-refractivity contribution in [3.05, 3.63) is 70.7 Å². The van der Waals surface area contributed by atoms with Gasteiger partial charge in [0.25, 0.3) is 8.32 Å². The second kappa shape index (κ2) is 8.02. The van der Waals surface area contributed by atoms with Gasteiger partial charge in [-0.2, -0.15) is 0 Å². The average Bonchev–Trinajstić information content (AvgIpc) is 3.09. The fourth-order valence-electron chi connectivity index (χ4n) is 3.51. The van der Waals surface area contributed by atoms with Gasteiger partial charge < -0.3 is 10.2 Å². The predicted molar refractivity (Wildman–Crippen MR) is 115 cm³/mol. The van der Waals surface area contributed by atoms with E-state index in [1.165, 1.54) is 21.7 Å². The third kappa shape index (κ3) is 4.04. The first-order valence-corrected chi connectivity index (χ1v) is 11.9. The minimum atomic E-state index is -2.56. The van der Waals surface area contributed by atoms with Crippen LogP contribution in [0.1, 0.15) is 36.8 Å². The van der Waals surface area contributed by atoms with Crippen LogP contribution in [0, 0.1) is 6.92 Å². The summed E-state index contributed by atoms with van der Waals surface area (Å²) < 4.78 is 6.84. The lowest BCUT2D eigenvalue weighted by Gasteiger charge is -2.43. The minimum absolute atomic E-state index is 0.0630. The Hall–Kier alpha value is -1.86. The average molecular weight is 398 g/mol. The molecule has 3 rings (SSSR count).